The average molecular weight is 281 g/mol. The standard InChI is InChI=1S/C18H19NO2/c1-13-10-17(21-3)8-9-18(13)15(12-19)11-14-4-6-16(20-2)7-5-14/h4-10,15H,11H2,1-3H3/t15-/m1/s1. The molecule has 2 aromatic rings. The SMILES string of the molecule is COc1ccc(C[C@H](C#N)c2ccc(OC)cc2C)cc1. The number of hydrogen-bond acceptors (Lipinski definition) is 3. The minimum atomic E-state index is -0.163. The van der Waals surface area contributed by atoms with E-state index in [-0.39, 0.29) is 5.92 Å². The first-order valence-corrected chi connectivity index (χ1v) is 6.85. The molecule has 1 atom stereocenters. The largest absolute Gasteiger partial charge is 0.497 e. The molecule has 0 aromatic heterocycles. The third kappa shape index (κ3) is 3.55. The van der Waals surface area contributed by atoms with E-state index in [1.807, 2.05) is 49.4 Å². The van der Waals surface area contributed by atoms with Crippen LogP contribution in [0.4, 0.5) is 0 Å². The number of ether oxygens (including phenoxy) is 2. The zero-order valence-corrected chi connectivity index (χ0v) is 12.6. The Morgan fingerprint density at radius 1 is 1.00 bits per heavy atom. The van der Waals surface area contributed by atoms with Crippen LogP contribution < -0.4 is 9.47 Å². The summed E-state index contributed by atoms with van der Waals surface area (Å²) in [6.45, 7) is 2.01. The molecular formula is C18H19NO2. The number of aryl methyl sites for hydroxylation is 1. The van der Waals surface area contributed by atoms with Gasteiger partial charge in [0, 0.05) is 0 Å². The molecule has 0 saturated carbocycles. The van der Waals surface area contributed by atoms with Gasteiger partial charge in [0.15, 0.2) is 0 Å². The summed E-state index contributed by atoms with van der Waals surface area (Å²) in [7, 11) is 3.29. The van der Waals surface area contributed by atoms with Crippen LogP contribution in [0.2, 0.25) is 0 Å². The zero-order chi connectivity index (χ0) is 15.2. The predicted octanol–water partition coefficient (Wildman–Crippen LogP) is 3.86. The first-order chi connectivity index (χ1) is 10.2. The number of nitriles is 1. The van der Waals surface area contributed by atoms with E-state index >= 15 is 0 Å². The number of nitrogens with zero attached hydrogens (tertiary/aromatic N) is 1. The lowest BCUT2D eigenvalue weighted by Crippen LogP contribution is -2.03. The molecule has 0 saturated heterocycles. The van der Waals surface area contributed by atoms with E-state index < -0.39 is 0 Å². The second-order valence-electron chi connectivity index (χ2n) is 4.96. The summed E-state index contributed by atoms with van der Waals surface area (Å²) in [4.78, 5) is 0. The predicted molar refractivity (Wildman–Crippen MR) is 82.8 cm³/mol. The van der Waals surface area contributed by atoms with Crippen molar-refractivity contribution >= 4 is 0 Å². The Morgan fingerprint density at radius 2 is 1.62 bits per heavy atom. The molecule has 0 fully saturated rings. The normalized spacial score (nSPS) is 11.5. The van der Waals surface area contributed by atoms with Crippen LogP contribution in [-0.2, 0) is 6.42 Å². The molecule has 0 aliphatic heterocycles. The van der Waals surface area contributed by atoms with Crippen molar-refractivity contribution in [2.24, 2.45) is 0 Å². The smallest absolute Gasteiger partial charge is 0.119 e. The Balaban J connectivity index is 2.21. The number of benzene rings is 2. The highest BCUT2D eigenvalue weighted by atomic mass is 16.5. The maximum Gasteiger partial charge on any atom is 0.119 e. The fraction of sp³-hybridized carbons (Fsp3) is 0.278. The van der Waals surface area contributed by atoms with Gasteiger partial charge in [-0.1, -0.05) is 18.2 Å². The summed E-state index contributed by atoms with van der Waals surface area (Å²) in [6.07, 6.45) is 0.688. The van der Waals surface area contributed by atoms with Crippen molar-refractivity contribution in [3.63, 3.8) is 0 Å². The van der Waals surface area contributed by atoms with Crippen LogP contribution in [0.5, 0.6) is 11.5 Å². The van der Waals surface area contributed by atoms with Crippen molar-refractivity contribution in [1.29, 1.82) is 5.26 Å². The molecule has 0 amide bonds. The molecule has 0 spiro atoms. The minimum absolute atomic E-state index is 0.163. The highest BCUT2D eigenvalue weighted by molar-refractivity contribution is 5.40. The quantitative estimate of drug-likeness (QED) is 0.835. The van der Waals surface area contributed by atoms with E-state index in [0.717, 1.165) is 28.2 Å². The molecule has 21 heavy (non-hydrogen) atoms. The van der Waals surface area contributed by atoms with Gasteiger partial charge in [-0.15, -0.1) is 0 Å². The number of methoxy groups -OCH3 is 2. The Morgan fingerprint density at radius 3 is 2.14 bits per heavy atom. The molecule has 0 aliphatic carbocycles. The van der Waals surface area contributed by atoms with Gasteiger partial charge in [-0.25, -0.2) is 0 Å². The fourth-order valence-corrected chi connectivity index (χ4v) is 2.39. The van der Waals surface area contributed by atoms with Crippen molar-refractivity contribution in [2.75, 3.05) is 14.2 Å². The van der Waals surface area contributed by atoms with Crippen molar-refractivity contribution in [1.82, 2.24) is 0 Å². The zero-order valence-electron chi connectivity index (χ0n) is 12.6. The molecule has 108 valence electrons. The highest BCUT2D eigenvalue weighted by Crippen LogP contribution is 2.27. The Kier molecular flexibility index (Phi) is 4.84. The lowest BCUT2D eigenvalue weighted by Gasteiger charge is -2.14. The van der Waals surface area contributed by atoms with E-state index in [2.05, 4.69) is 6.07 Å². The third-order valence-corrected chi connectivity index (χ3v) is 3.61. The Hall–Kier alpha value is -2.47. The Labute approximate surface area is 125 Å². The topological polar surface area (TPSA) is 42.2 Å². The number of rotatable bonds is 5. The molecule has 0 aliphatic rings. The Bertz CT molecular complexity index is 641. The molecular weight excluding hydrogens is 262 g/mol. The lowest BCUT2D eigenvalue weighted by atomic mass is 9.90. The van der Waals surface area contributed by atoms with Gasteiger partial charge in [0.05, 0.1) is 26.2 Å². The molecule has 2 aromatic carbocycles. The van der Waals surface area contributed by atoms with E-state index in [0.29, 0.717) is 6.42 Å². The molecule has 0 unspecified atom stereocenters. The van der Waals surface area contributed by atoms with Crippen LogP contribution in [0.3, 0.4) is 0 Å². The van der Waals surface area contributed by atoms with Crippen molar-refractivity contribution in [3.05, 3.63) is 59.2 Å². The summed E-state index contributed by atoms with van der Waals surface area (Å²) in [6, 6.07) is 16.1. The van der Waals surface area contributed by atoms with E-state index in [1.54, 1.807) is 14.2 Å². The molecule has 0 heterocycles. The minimum Gasteiger partial charge on any atom is -0.497 e. The second kappa shape index (κ2) is 6.81. The molecule has 0 N–H and O–H groups in total. The molecule has 3 nitrogen and oxygen atoms in total. The van der Waals surface area contributed by atoms with Gasteiger partial charge in [0.25, 0.3) is 0 Å². The van der Waals surface area contributed by atoms with Crippen LogP contribution in [0.15, 0.2) is 42.5 Å². The van der Waals surface area contributed by atoms with Gasteiger partial charge in [-0.3, -0.25) is 0 Å². The van der Waals surface area contributed by atoms with Gasteiger partial charge in [0.2, 0.25) is 0 Å². The molecule has 2 rings (SSSR count). The summed E-state index contributed by atoms with van der Waals surface area (Å²) in [5, 5.41) is 9.49. The molecule has 0 bridgehead atoms. The summed E-state index contributed by atoms with van der Waals surface area (Å²) >= 11 is 0. The summed E-state index contributed by atoms with van der Waals surface area (Å²) < 4.78 is 10.4. The third-order valence-electron chi connectivity index (χ3n) is 3.61. The first-order valence-electron chi connectivity index (χ1n) is 6.85. The summed E-state index contributed by atoms with van der Waals surface area (Å²) in [5.74, 6) is 1.48. The average Bonchev–Trinajstić information content (AvgIpc) is 2.53. The van der Waals surface area contributed by atoms with Gasteiger partial charge in [0.1, 0.15) is 11.5 Å². The molecule has 3 heteroatoms. The maximum atomic E-state index is 9.49. The van der Waals surface area contributed by atoms with Crippen LogP contribution in [-0.4, -0.2) is 14.2 Å². The van der Waals surface area contributed by atoms with Crippen molar-refractivity contribution in [3.8, 4) is 17.6 Å². The monoisotopic (exact) mass is 281 g/mol. The van der Waals surface area contributed by atoms with Gasteiger partial charge in [-0.05, 0) is 54.3 Å². The van der Waals surface area contributed by atoms with Gasteiger partial charge in [-0.2, -0.15) is 5.26 Å². The highest BCUT2D eigenvalue weighted by Gasteiger charge is 2.14. The second-order valence-corrected chi connectivity index (χ2v) is 4.96. The van der Waals surface area contributed by atoms with Gasteiger partial charge >= 0.3 is 0 Å². The van der Waals surface area contributed by atoms with Crippen LogP contribution in [0, 0.1) is 18.3 Å². The van der Waals surface area contributed by atoms with E-state index in [4.69, 9.17) is 9.47 Å². The summed E-state index contributed by atoms with van der Waals surface area (Å²) in [5.41, 5.74) is 3.25. The lowest BCUT2D eigenvalue weighted by molar-refractivity contribution is 0.414. The van der Waals surface area contributed by atoms with Gasteiger partial charge < -0.3 is 9.47 Å². The molecule has 0 radical (unpaired) electrons. The van der Waals surface area contributed by atoms with Crippen LogP contribution in [0.25, 0.3) is 0 Å². The van der Waals surface area contributed by atoms with Crippen molar-refractivity contribution in [2.45, 2.75) is 19.3 Å². The van der Waals surface area contributed by atoms with E-state index in [9.17, 15) is 5.26 Å². The maximum absolute atomic E-state index is 9.49. The van der Waals surface area contributed by atoms with Crippen molar-refractivity contribution < 1.29 is 9.47 Å². The van der Waals surface area contributed by atoms with E-state index in [1.165, 1.54) is 0 Å². The first kappa shape index (κ1) is 14.9. The van der Waals surface area contributed by atoms with Crippen LogP contribution >= 0.6 is 0 Å². The van der Waals surface area contributed by atoms with Crippen LogP contribution in [0.1, 0.15) is 22.6 Å². The fourth-order valence-electron chi connectivity index (χ4n) is 2.39. The number of hydrogen-bond donors (Lipinski definition) is 0.